The van der Waals surface area contributed by atoms with Crippen LogP contribution < -0.4 is 4.31 Å². The number of nitrogens with zero attached hydrogens (tertiary/aromatic N) is 3. The molecule has 3 aromatic rings. The minimum absolute atomic E-state index is 0.0779. The van der Waals surface area contributed by atoms with Crippen molar-refractivity contribution in [3.8, 4) is 0 Å². The molecule has 0 aliphatic rings. The Balaban J connectivity index is 1.85. The molecule has 27 heavy (non-hydrogen) atoms. The monoisotopic (exact) mass is 385 g/mol. The van der Waals surface area contributed by atoms with Gasteiger partial charge in [0.2, 0.25) is 10.0 Å². The fourth-order valence-corrected chi connectivity index (χ4v) is 4.06. The fourth-order valence-electron chi connectivity index (χ4n) is 2.61. The number of benzene rings is 2. The molecule has 0 aliphatic carbocycles. The van der Waals surface area contributed by atoms with Crippen LogP contribution in [0.3, 0.4) is 0 Å². The third-order valence-electron chi connectivity index (χ3n) is 4.07. The van der Waals surface area contributed by atoms with Crippen LogP contribution in [0.1, 0.15) is 15.9 Å². The molecule has 0 spiro atoms. The molecule has 1 heterocycles. The first-order chi connectivity index (χ1) is 13.0. The number of hydrogen-bond acceptors (Lipinski definition) is 4. The highest BCUT2D eigenvalue weighted by atomic mass is 32.2. The van der Waals surface area contributed by atoms with Crippen molar-refractivity contribution < 1.29 is 18.3 Å². The number of aromatic carboxylic acids is 1. The molecule has 0 aliphatic heterocycles. The average molecular weight is 385 g/mol. The lowest BCUT2D eigenvalue weighted by molar-refractivity contribution is 0.0697. The van der Waals surface area contributed by atoms with Gasteiger partial charge in [-0.15, -0.1) is 0 Å². The Bertz CT molecular complexity index is 985. The highest BCUT2D eigenvalue weighted by Gasteiger charge is 2.23. The maximum absolute atomic E-state index is 13.0. The van der Waals surface area contributed by atoms with E-state index in [1.54, 1.807) is 59.7 Å². The Morgan fingerprint density at radius 3 is 2.37 bits per heavy atom. The van der Waals surface area contributed by atoms with Gasteiger partial charge in [0.25, 0.3) is 0 Å². The molecule has 1 aromatic heterocycles. The zero-order valence-corrected chi connectivity index (χ0v) is 15.3. The zero-order valence-electron chi connectivity index (χ0n) is 14.5. The van der Waals surface area contributed by atoms with Crippen LogP contribution in [0.2, 0.25) is 0 Å². The number of para-hydroxylation sites is 1. The molecule has 3 rings (SSSR count). The molecule has 0 bridgehead atoms. The van der Waals surface area contributed by atoms with Gasteiger partial charge in [-0.2, -0.15) is 0 Å². The van der Waals surface area contributed by atoms with Gasteiger partial charge in [0.05, 0.1) is 29.9 Å². The molecule has 0 fully saturated rings. The van der Waals surface area contributed by atoms with Gasteiger partial charge in [-0.3, -0.25) is 4.31 Å². The number of anilines is 1. The first kappa shape index (κ1) is 18.7. The molecule has 1 N–H and O–H groups in total. The largest absolute Gasteiger partial charge is 0.478 e. The number of sulfonamides is 1. The van der Waals surface area contributed by atoms with E-state index < -0.39 is 16.0 Å². The van der Waals surface area contributed by atoms with Crippen LogP contribution in [0.25, 0.3) is 0 Å². The van der Waals surface area contributed by atoms with Gasteiger partial charge in [-0.1, -0.05) is 30.3 Å². The summed E-state index contributed by atoms with van der Waals surface area (Å²) >= 11 is 0. The maximum Gasteiger partial charge on any atom is 0.335 e. The highest BCUT2D eigenvalue weighted by Crippen LogP contribution is 2.21. The number of carboxylic acid groups (broad SMARTS) is 1. The van der Waals surface area contributed by atoms with Gasteiger partial charge in [0, 0.05) is 18.9 Å². The molecule has 0 saturated heterocycles. The lowest BCUT2D eigenvalue weighted by Crippen LogP contribution is -2.33. The standard InChI is InChI=1S/C19H19N3O4S/c23-19(24)17-8-6-16(7-9-17)14-22(18-4-2-1-3-5-18)27(25,26)13-12-21-11-10-20-15-21/h1-11,15H,12-14H2,(H,23,24). The third kappa shape index (κ3) is 4.73. The minimum atomic E-state index is -3.61. The number of rotatable bonds is 8. The van der Waals surface area contributed by atoms with E-state index in [9.17, 15) is 13.2 Å². The van der Waals surface area contributed by atoms with Crippen molar-refractivity contribution in [1.29, 1.82) is 0 Å². The molecule has 8 heteroatoms. The molecule has 0 atom stereocenters. The van der Waals surface area contributed by atoms with E-state index in [1.165, 1.54) is 16.4 Å². The summed E-state index contributed by atoms with van der Waals surface area (Å²) in [5.74, 6) is -1.10. The van der Waals surface area contributed by atoms with Crippen LogP contribution in [-0.4, -0.2) is 34.8 Å². The van der Waals surface area contributed by atoms with Crippen LogP contribution in [0, 0.1) is 0 Å². The summed E-state index contributed by atoms with van der Waals surface area (Å²) in [6.45, 7) is 0.416. The zero-order chi connectivity index (χ0) is 19.3. The summed E-state index contributed by atoms with van der Waals surface area (Å²) in [7, 11) is -3.61. The fraction of sp³-hybridized carbons (Fsp3) is 0.158. The summed E-state index contributed by atoms with van der Waals surface area (Å²) in [5, 5.41) is 9.01. The number of aromatic nitrogens is 2. The molecule has 7 nitrogen and oxygen atoms in total. The lowest BCUT2D eigenvalue weighted by atomic mass is 10.1. The first-order valence-electron chi connectivity index (χ1n) is 8.29. The Morgan fingerprint density at radius 2 is 1.78 bits per heavy atom. The van der Waals surface area contributed by atoms with Gasteiger partial charge < -0.3 is 9.67 Å². The number of carbonyl (C=O) groups is 1. The number of imidazole rings is 1. The summed E-state index contributed by atoms with van der Waals surface area (Å²) in [5.41, 5.74) is 1.42. The van der Waals surface area contributed by atoms with E-state index in [1.807, 2.05) is 6.07 Å². The third-order valence-corrected chi connectivity index (χ3v) is 5.78. The van der Waals surface area contributed by atoms with Crippen LogP contribution in [0.4, 0.5) is 5.69 Å². The predicted octanol–water partition coefficient (Wildman–Crippen LogP) is 2.62. The van der Waals surface area contributed by atoms with Crippen LogP contribution in [0.5, 0.6) is 0 Å². The minimum Gasteiger partial charge on any atom is -0.478 e. The molecule has 0 saturated carbocycles. The number of aryl methyl sites for hydroxylation is 1. The van der Waals surface area contributed by atoms with E-state index >= 15 is 0 Å². The molecule has 0 radical (unpaired) electrons. The van der Waals surface area contributed by atoms with E-state index in [-0.39, 0.29) is 17.9 Å². The summed E-state index contributed by atoms with van der Waals surface area (Å²) in [6.07, 6.45) is 4.89. The second kappa shape index (κ2) is 8.05. The molecule has 140 valence electrons. The van der Waals surface area contributed by atoms with Gasteiger partial charge in [-0.25, -0.2) is 18.2 Å². The van der Waals surface area contributed by atoms with Crippen molar-refractivity contribution >= 4 is 21.7 Å². The Hall–Kier alpha value is -3.13. The smallest absolute Gasteiger partial charge is 0.335 e. The van der Waals surface area contributed by atoms with E-state index in [0.717, 1.165) is 0 Å². The van der Waals surface area contributed by atoms with Gasteiger partial charge >= 0.3 is 5.97 Å². The van der Waals surface area contributed by atoms with Crippen molar-refractivity contribution in [3.63, 3.8) is 0 Å². The maximum atomic E-state index is 13.0. The van der Waals surface area contributed by atoms with E-state index in [4.69, 9.17) is 5.11 Å². The molecule has 2 aromatic carbocycles. The number of hydrogen-bond donors (Lipinski definition) is 1. The van der Waals surface area contributed by atoms with Crippen molar-refractivity contribution in [3.05, 3.63) is 84.4 Å². The first-order valence-corrected chi connectivity index (χ1v) is 9.90. The average Bonchev–Trinajstić information content (AvgIpc) is 3.19. The second-order valence-corrected chi connectivity index (χ2v) is 7.97. The van der Waals surface area contributed by atoms with Gasteiger partial charge in [0.1, 0.15) is 0 Å². The number of carboxylic acids is 1. The normalized spacial score (nSPS) is 11.3. The van der Waals surface area contributed by atoms with Gasteiger partial charge in [0.15, 0.2) is 0 Å². The summed E-state index contributed by atoms with van der Waals surface area (Å²) in [6, 6.07) is 15.1. The summed E-state index contributed by atoms with van der Waals surface area (Å²) < 4.78 is 29.1. The van der Waals surface area contributed by atoms with Crippen LogP contribution in [-0.2, 0) is 23.1 Å². The lowest BCUT2D eigenvalue weighted by Gasteiger charge is -2.25. The molecular weight excluding hydrogens is 366 g/mol. The Morgan fingerprint density at radius 1 is 1.07 bits per heavy atom. The Kier molecular flexibility index (Phi) is 5.56. The molecule has 0 unspecified atom stereocenters. The van der Waals surface area contributed by atoms with Crippen LogP contribution in [0.15, 0.2) is 73.3 Å². The van der Waals surface area contributed by atoms with Crippen LogP contribution >= 0.6 is 0 Å². The Labute approximate surface area is 157 Å². The van der Waals surface area contributed by atoms with Gasteiger partial charge in [-0.05, 0) is 29.8 Å². The molecular formula is C19H19N3O4S. The SMILES string of the molecule is O=C(O)c1ccc(CN(c2ccccc2)S(=O)(=O)CCn2ccnc2)cc1. The predicted molar refractivity (Wildman–Crippen MR) is 102 cm³/mol. The van der Waals surface area contributed by atoms with E-state index in [2.05, 4.69) is 4.98 Å². The van der Waals surface area contributed by atoms with E-state index in [0.29, 0.717) is 17.8 Å². The highest BCUT2D eigenvalue weighted by molar-refractivity contribution is 7.92. The summed E-state index contributed by atoms with van der Waals surface area (Å²) in [4.78, 5) is 14.9. The van der Waals surface area contributed by atoms with Crippen molar-refractivity contribution in [2.75, 3.05) is 10.1 Å². The van der Waals surface area contributed by atoms with Crippen molar-refractivity contribution in [2.24, 2.45) is 0 Å². The topological polar surface area (TPSA) is 92.5 Å². The van der Waals surface area contributed by atoms with Crippen molar-refractivity contribution in [2.45, 2.75) is 13.1 Å². The second-order valence-electron chi connectivity index (χ2n) is 5.96. The van der Waals surface area contributed by atoms with Crippen molar-refractivity contribution in [1.82, 2.24) is 9.55 Å². The quantitative estimate of drug-likeness (QED) is 0.643. The molecule has 0 amide bonds.